The number of thioether (sulfide) groups is 1. The van der Waals surface area contributed by atoms with Crippen LogP contribution in [0.5, 0.6) is 0 Å². The average Bonchev–Trinajstić information content (AvgIpc) is 2.14. The van der Waals surface area contributed by atoms with Crippen molar-refractivity contribution in [2.45, 2.75) is 13.5 Å². The van der Waals surface area contributed by atoms with Crippen LogP contribution in [0.4, 0.5) is 0 Å². The van der Waals surface area contributed by atoms with E-state index < -0.39 is 0 Å². The van der Waals surface area contributed by atoms with E-state index in [9.17, 15) is 0 Å². The fourth-order valence-electron chi connectivity index (χ4n) is 1.09. The van der Waals surface area contributed by atoms with E-state index in [0.717, 1.165) is 11.6 Å². The van der Waals surface area contributed by atoms with Crippen LogP contribution in [0, 0.1) is 6.92 Å². The molecule has 1 aromatic carbocycles. The third kappa shape index (κ3) is 3.55. The maximum Gasteiger partial charge on any atom is 0.0608 e. The summed E-state index contributed by atoms with van der Waals surface area (Å²) in [4.78, 5) is 0. The number of benzene rings is 1. The lowest BCUT2D eigenvalue weighted by molar-refractivity contribution is 0.858. The van der Waals surface area contributed by atoms with Crippen molar-refractivity contribution in [3.63, 3.8) is 0 Å². The Bertz CT molecular complexity index is 294. The Labute approximate surface area is 84.2 Å². The molecule has 0 aromatic heterocycles. The lowest BCUT2D eigenvalue weighted by atomic mass is 10.1. The molecule has 0 atom stereocenters. The minimum atomic E-state index is 0.862. The molecule has 0 heterocycles. The van der Waals surface area contributed by atoms with Crippen LogP contribution >= 0.6 is 11.8 Å². The van der Waals surface area contributed by atoms with E-state index in [-0.39, 0.29) is 0 Å². The van der Waals surface area contributed by atoms with Gasteiger partial charge in [0, 0.05) is 6.54 Å². The summed E-state index contributed by atoms with van der Waals surface area (Å²) in [6.45, 7) is 6.83. The van der Waals surface area contributed by atoms with E-state index in [4.69, 9.17) is 0 Å². The second-order valence-electron chi connectivity index (χ2n) is 2.97. The molecule has 0 aliphatic heterocycles. The molecular weight excluding hydrogens is 178 g/mol. The normalized spacial score (nSPS) is 9.69. The molecule has 0 aliphatic rings. The van der Waals surface area contributed by atoms with E-state index in [2.05, 4.69) is 43.1 Å². The highest BCUT2D eigenvalue weighted by Crippen LogP contribution is 2.07. The summed E-state index contributed by atoms with van der Waals surface area (Å²) in [7, 11) is 0. The first-order chi connectivity index (χ1) is 6.22. The molecule has 0 aliphatic carbocycles. The molecule has 0 bridgehead atoms. The summed E-state index contributed by atoms with van der Waals surface area (Å²) in [5.74, 6) is 0. The molecule has 70 valence electrons. The van der Waals surface area contributed by atoms with Gasteiger partial charge in [-0.15, -0.1) is 11.8 Å². The highest BCUT2D eigenvalue weighted by Gasteiger charge is 1.93. The van der Waals surface area contributed by atoms with Crippen molar-refractivity contribution in [3.05, 3.63) is 47.0 Å². The number of hydrogen-bond donors (Lipinski definition) is 1. The Balaban J connectivity index is 2.50. The van der Waals surface area contributed by atoms with Crippen molar-refractivity contribution in [3.8, 4) is 0 Å². The highest BCUT2D eigenvalue weighted by atomic mass is 32.2. The fraction of sp³-hybridized carbons (Fsp3) is 0.273. The zero-order valence-electron chi connectivity index (χ0n) is 8.13. The average molecular weight is 193 g/mol. The van der Waals surface area contributed by atoms with Gasteiger partial charge in [-0.25, -0.2) is 0 Å². The summed E-state index contributed by atoms with van der Waals surface area (Å²) in [6.07, 6.45) is 2.02. The van der Waals surface area contributed by atoms with E-state index in [1.165, 1.54) is 11.1 Å². The molecule has 0 amide bonds. The van der Waals surface area contributed by atoms with Gasteiger partial charge < -0.3 is 5.32 Å². The van der Waals surface area contributed by atoms with Crippen LogP contribution in [0.1, 0.15) is 11.1 Å². The van der Waals surface area contributed by atoms with Crippen molar-refractivity contribution in [2.75, 3.05) is 6.26 Å². The topological polar surface area (TPSA) is 12.0 Å². The van der Waals surface area contributed by atoms with Gasteiger partial charge in [-0.3, -0.25) is 0 Å². The van der Waals surface area contributed by atoms with Gasteiger partial charge in [0.05, 0.1) is 5.03 Å². The van der Waals surface area contributed by atoms with Gasteiger partial charge in [0.15, 0.2) is 0 Å². The Morgan fingerprint density at radius 3 is 2.92 bits per heavy atom. The third-order valence-corrected chi connectivity index (χ3v) is 2.46. The molecule has 0 unspecified atom stereocenters. The lowest BCUT2D eigenvalue weighted by Gasteiger charge is -2.06. The van der Waals surface area contributed by atoms with Gasteiger partial charge in [0.25, 0.3) is 0 Å². The molecule has 1 aromatic rings. The predicted octanol–water partition coefficient (Wildman–Crippen LogP) is 2.92. The molecule has 1 nitrogen and oxygen atoms in total. The Hall–Kier alpha value is -0.890. The standard InChI is InChI=1S/C11H15NS/c1-9-5-4-6-11(7-9)8-12-10(2)13-3/h4-7,12H,2,8H2,1,3H3. The molecular formula is C11H15NS. The molecule has 1 rings (SSSR count). The summed E-state index contributed by atoms with van der Waals surface area (Å²) < 4.78 is 0. The molecule has 0 fully saturated rings. The summed E-state index contributed by atoms with van der Waals surface area (Å²) in [5.41, 5.74) is 2.60. The maximum absolute atomic E-state index is 3.86. The van der Waals surface area contributed by atoms with Crippen LogP contribution in [0.25, 0.3) is 0 Å². The van der Waals surface area contributed by atoms with Crippen LogP contribution in [0.15, 0.2) is 35.9 Å². The van der Waals surface area contributed by atoms with Gasteiger partial charge in [0.1, 0.15) is 0 Å². The lowest BCUT2D eigenvalue weighted by Crippen LogP contribution is -2.09. The largest absolute Gasteiger partial charge is 0.376 e. The van der Waals surface area contributed by atoms with Gasteiger partial charge in [-0.05, 0) is 18.7 Å². The monoisotopic (exact) mass is 193 g/mol. The summed E-state index contributed by atoms with van der Waals surface area (Å²) in [5, 5.41) is 4.26. The van der Waals surface area contributed by atoms with Gasteiger partial charge in [-0.1, -0.05) is 36.4 Å². The first kappa shape index (κ1) is 10.2. The Morgan fingerprint density at radius 2 is 2.31 bits per heavy atom. The Morgan fingerprint density at radius 1 is 1.54 bits per heavy atom. The van der Waals surface area contributed by atoms with Crippen LogP contribution in [0.2, 0.25) is 0 Å². The fourth-order valence-corrected chi connectivity index (χ4v) is 1.31. The quantitative estimate of drug-likeness (QED) is 0.789. The van der Waals surface area contributed by atoms with Crippen LogP contribution in [-0.4, -0.2) is 6.26 Å². The zero-order chi connectivity index (χ0) is 9.68. The molecule has 0 spiro atoms. The molecule has 2 heteroatoms. The summed E-state index contributed by atoms with van der Waals surface area (Å²) in [6, 6.07) is 8.48. The van der Waals surface area contributed by atoms with E-state index >= 15 is 0 Å². The SMILES string of the molecule is C=C(NCc1cccc(C)c1)SC. The predicted molar refractivity (Wildman–Crippen MR) is 60.7 cm³/mol. The van der Waals surface area contributed by atoms with Crippen molar-refractivity contribution in [2.24, 2.45) is 0 Å². The first-order valence-corrected chi connectivity index (χ1v) is 5.47. The van der Waals surface area contributed by atoms with Gasteiger partial charge >= 0.3 is 0 Å². The number of hydrogen-bond acceptors (Lipinski definition) is 2. The molecule has 0 saturated heterocycles. The van der Waals surface area contributed by atoms with E-state index in [0.29, 0.717) is 0 Å². The van der Waals surface area contributed by atoms with Crippen LogP contribution < -0.4 is 5.32 Å². The molecule has 0 radical (unpaired) electrons. The van der Waals surface area contributed by atoms with Gasteiger partial charge in [0.2, 0.25) is 0 Å². The Kier molecular flexibility index (Phi) is 3.90. The molecule has 1 N–H and O–H groups in total. The van der Waals surface area contributed by atoms with Crippen molar-refractivity contribution in [1.29, 1.82) is 0 Å². The maximum atomic E-state index is 3.86. The number of rotatable bonds is 4. The van der Waals surface area contributed by atoms with Crippen LogP contribution in [-0.2, 0) is 6.54 Å². The first-order valence-electron chi connectivity index (χ1n) is 4.24. The molecule has 13 heavy (non-hydrogen) atoms. The minimum Gasteiger partial charge on any atom is -0.376 e. The number of aryl methyl sites for hydroxylation is 1. The van der Waals surface area contributed by atoms with E-state index in [1.54, 1.807) is 11.8 Å². The smallest absolute Gasteiger partial charge is 0.0608 e. The minimum absolute atomic E-state index is 0.862. The number of nitrogens with one attached hydrogen (secondary N) is 1. The van der Waals surface area contributed by atoms with Crippen molar-refractivity contribution >= 4 is 11.8 Å². The second-order valence-corrected chi connectivity index (χ2v) is 3.87. The van der Waals surface area contributed by atoms with Crippen LogP contribution in [0.3, 0.4) is 0 Å². The summed E-state index contributed by atoms with van der Waals surface area (Å²) >= 11 is 1.64. The highest BCUT2D eigenvalue weighted by molar-refractivity contribution is 8.02. The third-order valence-electron chi connectivity index (χ3n) is 1.82. The van der Waals surface area contributed by atoms with E-state index in [1.807, 2.05) is 6.26 Å². The van der Waals surface area contributed by atoms with Crippen molar-refractivity contribution < 1.29 is 0 Å². The second kappa shape index (κ2) is 4.97. The zero-order valence-corrected chi connectivity index (χ0v) is 8.95. The van der Waals surface area contributed by atoms with Gasteiger partial charge in [-0.2, -0.15) is 0 Å². The van der Waals surface area contributed by atoms with Crippen molar-refractivity contribution in [1.82, 2.24) is 5.32 Å². The molecule has 0 saturated carbocycles.